The molecule has 6 nitrogen and oxygen atoms in total. The average Bonchev–Trinajstić information content (AvgIpc) is 3.17. The van der Waals surface area contributed by atoms with Gasteiger partial charge in [0.25, 0.3) is 5.91 Å². The van der Waals surface area contributed by atoms with Gasteiger partial charge in [0, 0.05) is 29.6 Å². The number of hydrogen-bond acceptors (Lipinski definition) is 6. The van der Waals surface area contributed by atoms with Gasteiger partial charge in [-0.05, 0) is 69.2 Å². The molecule has 0 saturated heterocycles. The molecule has 2 heterocycles. The lowest BCUT2D eigenvalue weighted by molar-refractivity contribution is 0.0526. The minimum absolute atomic E-state index is 0. The molecular weight excluding hydrogens is 472 g/mol. The lowest BCUT2D eigenvalue weighted by atomic mass is 10.0. The van der Waals surface area contributed by atoms with Gasteiger partial charge in [-0.2, -0.15) is 0 Å². The Morgan fingerprint density at radius 1 is 1.06 bits per heavy atom. The van der Waals surface area contributed by atoms with E-state index in [1.54, 1.807) is 31.2 Å². The van der Waals surface area contributed by atoms with Crippen LogP contribution >= 0.6 is 23.7 Å². The van der Waals surface area contributed by atoms with Crippen molar-refractivity contribution in [3.8, 4) is 11.5 Å². The van der Waals surface area contributed by atoms with Crippen molar-refractivity contribution in [3.05, 3.63) is 76.2 Å². The third-order valence-electron chi connectivity index (χ3n) is 5.62. The second-order valence-corrected chi connectivity index (χ2v) is 9.24. The molecule has 0 bridgehead atoms. The first-order valence-corrected chi connectivity index (χ1v) is 12.0. The maximum atomic E-state index is 13.0. The van der Waals surface area contributed by atoms with E-state index < -0.39 is 0 Å². The molecule has 2 aromatic carbocycles. The third kappa shape index (κ3) is 5.78. The Hall–Kier alpha value is -2.87. The third-order valence-corrected chi connectivity index (χ3v) is 6.75. The Labute approximate surface area is 210 Å². The lowest BCUT2D eigenvalue weighted by Gasteiger charge is -2.30. The molecule has 0 atom stereocenters. The fourth-order valence-electron chi connectivity index (χ4n) is 3.85. The van der Waals surface area contributed by atoms with Crippen molar-refractivity contribution in [2.75, 3.05) is 18.5 Å². The van der Waals surface area contributed by atoms with Crippen molar-refractivity contribution in [1.82, 2.24) is 4.90 Å². The van der Waals surface area contributed by atoms with E-state index in [-0.39, 0.29) is 30.9 Å². The zero-order valence-electron chi connectivity index (χ0n) is 19.5. The van der Waals surface area contributed by atoms with Gasteiger partial charge < -0.3 is 14.8 Å². The summed E-state index contributed by atoms with van der Waals surface area (Å²) in [6.45, 7) is 8.05. The second kappa shape index (κ2) is 11.5. The van der Waals surface area contributed by atoms with Crippen LogP contribution in [0.4, 0.5) is 5.00 Å². The summed E-state index contributed by atoms with van der Waals surface area (Å²) in [5, 5.41) is 3.51. The van der Waals surface area contributed by atoms with Crippen molar-refractivity contribution in [3.63, 3.8) is 0 Å². The number of carbonyl (C=O) groups excluding carboxylic acids is 2. The molecular formula is C26H29ClN2O4S. The number of hydrogen-bond donors (Lipinski definition) is 1. The normalized spacial score (nSPS) is 13.1. The molecule has 4 rings (SSSR count). The molecule has 1 aliphatic rings. The molecule has 0 spiro atoms. The number of para-hydroxylation sites is 1. The van der Waals surface area contributed by atoms with Gasteiger partial charge in [-0.1, -0.05) is 18.2 Å². The van der Waals surface area contributed by atoms with Crippen LogP contribution < -0.4 is 10.1 Å². The van der Waals surface area contributed by atoms with Crippen molar-refractivity contribution < 1.29 is 19.1 Å². The Balaban J connectivity index is 0.00000324. The van der Waals surface area contributed by atoms with E-state index in [1.165, 1.54) is 11.3 Å². The van der Waals surface area contributed by atoms with Crippen LogP contribution in [0.25, 0.3) is 0 Å². The predicted octanol–water partition coefficient (Wildman–Crippen LogP) is 6.16. The highest BCUT2D eigenvalue weighted by molar-refractivity contribution is 7.17. The van der Waals surface area contributed by atoms with Gasteiger partial charge in [-0.25, -0.2) is 4.79 Å². The number of nitrogens with zero attached hydrogens (tertiary/aromatic N) is 1. The Bertz CT molecular complexity index is 1130. The van der Waals surface area contributed by atoms with Crippen molar-refractivity contribution in [2.45, 2.75) is 39.8 Å². The molecule has 1 N–H and O–H groups in total. The number of thiophene rings is 1. The summed E-state index contributed by atoms with van der Waals surface area (Å²) < 4.78 is 11.1. The Morgan fingerprint density at radius 2 is 1.74 bits per heavy atom. The maximum Gasteiger partial charge on any atom is 0.341 e. The number of amides is 1. The van der Waals surface area contributed by atoms with Gasteiger partial charge >= 0.3 is 5.97 Å². The summed E-state index contributed by atoms with van der Waals surface area (Å²) in [6, 6.07) is 16.8. The highest BCUT2D eigenvalue weighted by atomic mass is 35.5. The van der Waals surface area contributed by atoms with Crippen LogP contribution in [-0.2, 0) is 17.7 Å². The SMILES string of the molecule is CCOC(=O)c1c(NC(=O)c2ccc(Oc3ccccc3)cc2)sc2c1CCN(C(C)C)C2.Cl. The molecule has 1 amide bonds. The second-order valence-electron chi connectivity index (χ2n) is 8.14. The van der Waals surface area contributed by atoms with E-state index in [0.717, 1.165) is 35.7 Å². The quantitative estimate of drug-likeness (QED) is 0.393. The summed E-state index contributed by atoms with van der Waals surface area (Å²) in [5.74, 6) is 0.722. The fraction of sp³-hybridized carbons (Fsp3) is 0.308. The van der Waals surface area contributed by atoms with E-state index >= 15 is 0 Å². The minimum atomic E-state index is -0.380. The van der Waals surface area contributed by atoms with Gasteiger partial charge in [0.05, 0.1) is 12.2 Å². The van der Waals surface area contributed by atoms with Gasteiger partial charge in [-0.3, -0.25) is 9.69 Å². The predicted molar refractivity (Wildman–Crippen MR) is 138 cm³/mol. The van der Waals surface area contributed by atoms with E-state index in [0.29, 0.717) is 27.9 Å². The number of benzene rings is 2. The number of esters is 1. The fourth-order valence-corrected chi connectivity index (χ4v) is 5.10. The highest BCUT2D eigenvalue weighted by Gasteiger charge is 2.30. The van der Waals surface area contributed by atoms with Crippen LogP contribution in [0.15, 0.2) is 54.6 Å². The van der Waals surface area contributed by atoms with Crippen molar-refractivity contribution in [1.29, 1.82) is 0 Å². The van der Waals surface area contributed by atoms with Crippen LogP contribution in [0.2, 0.25) is 0 Å². The molecule has 0 fully saturated rings. The first-order chi connectivity index (χ1) is 16.0. The van der Waals surface area contributed by atoms with Crippen LogP contribution in [-0.4, -0.2) is 36.0 Å². The summed E-state index contributed by atoms with van der Waals surface area (Å²) in [5.41, 5.74) is 1.98. The number of halogens is 1. The zero-order chi connectivity index (χ0) is 23.4. The Kier molecular flexibility index (Phi) is 8.72. The van der Waals surface area contributed by atoms with E-state index in [2.05, 4.69) is 24.1 Å². The zero-order valence-corrected chi connectivity index (χ0v) is 21.1. The van der Waals surface area contributed by atoms with Crippen LogP contribution in [0.3, 0.4) is 0 Å². The first kappa shape index (κ1) is 25.7. The van der Waals surface area contributed by atoms with Crippen molar-refractivity contribution >= 4 is 40.6 Å². The number of carbonyl (C=O) groups is 2. The first-order valence-electron chi connectivity index (χ1n) is 11.2. The smallest absolute Gasteiger partial charge is 0.341 e. The number of fused-ring (bicyclic) bond motifs is 1. The summed E-state index contributed by atoms with van der Waals surface area (Å²) in [6.07, 6.45) is 0.763. The Morgan fingerprint density at radius 3 is 2.38 bits per heavy atom. The summed E-state index contributed by atoms with van der Waals surface area (Å²) in [7, 11) is 0. The largest absolute Gasteiger partial charge is 0.462 e. The molecule has 1 aliphatic heterocycles. The van der Waals surface area contributed by atoms with E-state index in [4.69, 9.17) is 9.47 Å². The standard InChI is InChI=1S/C26H28N2O4S.ClH/c1-4-31-26(30)23-21-14-15-28(17(2)3)16-22(21)33-25(23)27-24(29)18-10-12-20(13-11-18)32-19-8-6-5-7-9-19;/h5-13,17H,4,14-16H2,1-3H3,(H,27,29);1H. The molecule has 0 unspecified atom stereocenters. The van der Waals surface area contributed by atoms with Gasteiger partial charge in [-0.15, -0.1) is 23.7 Å². The molecule has 0 aliphatic carbocycles. The van der Waals surface area contributed by atoms with Crippen LogP contribution in [0.1, 0.15) is 51.9 Å². The van der Waals surface area contributed by atoms with Gasteiger partial charge in [0.1, 0.15) is 16.5 Å². The van der Waals surface area contributed by atoms with Gasteiger partial charge in [0.2, 0.25) is 0 Å². The topological polar surface area (TPSA) is 67.9 Å². The molecule has 3 aromatic rings. The minimum Gasteiger partial charge on any atom is -0.462 e. The molecule has 8 heteroatoms. The molecule has 1 aromatic heterocycles. The average molecular weight is 501 g/mol. The number of ether oxygens (including phenoxy) is 2. The number of anilines is 1. The highest BCUT2D eigenvalue weighted by Crippen LogP contribution is 2.38. The number of nitrogens with one attached hydrogen (secondary N) is 1. The monoisotopic (exact) mass is 500 g/mol. The lowest BCUT2D eigenvalue weighted by Crippen LogP contribution is -2.35. The van der Waals surface area contributed by atoms with Crippen molar-refractivity contribution in [2.24, 2.45) is 0 Å². The molecule has 0 saturated carbocycles. The van der Waals surface area contributed by atoms with Gasteiger partial charge in [0.15, 0.2) is 0 Å². The summed E-state index contributed by atoms with van der Waals surface area (Å²) >= 11 is 1.47. The van der Waals surface area contributed by atoms with Crippen LogP contribution in [0.5, 0.6) is 11.5 Å². The van der Waals surface area contributed by atoms with E-state index in [9.17, 15) is 9.59 Å². The van der Waals surface area contributed by atoms with E-state index in [1.807, 2.05) is 30.3 Å². The maximum absolute atomic E-state index is 13.0. The molecule has 0 radical (unpaired) electrons. The number of rotatable bonds is 7. The van der Waals surface area contributed by atoms with Crippen LogP contribution in [0, 0.1) is 0 Å². The molecule has 34 heavy (non-hydrogen) atoms. The molecule has 180 valence electrons. The summed E-state index contributed by atoms with van der Waals surface area (Å²) in [4.78, 5) is 29.2.